The van der Waals surface area contributed by atoms with Crippen LogP contribution in [0.5, 0.6) is 0 Å². The van der Waals surface area contributed by atoms with Crippen LogP contribution in [0.4, 0.5) is 19.3 Å². The number of amides is 2. The van der Waals surface area contributed by atoms with Crippen molar-refractivity contribution in [2.75, 3.05) is 18.0 Å². The second-order valence-electron chi connectivity index (χ2n) is 5.37. The molecule has 3 rings (SSSR count). The standard InChI is InChI=1S/C16H16F2N2OS/c1-16(17,18)12-9-14(22-10-12)11-3-5-13(6-4-11)20-8-2-7-19-15(20)21/h3-6,9-10H,2,7-8H2,1H3,(H,19,21). The Labute approximate surface area is 131 Å². The van der Waals surface area contributed by atoms with Crippen molar-refractivity contribution in [3.63, 3.8) is 0 Å². The fourth-order valence-corrected chi connectivity index (χ4v) is 3.40. The zero-order valence-corrected chi connectivity index (χ0v) is 12.9. The molecule has 0 spiro atoms. The molecule has 0 aliphatic carbocycles. The van der Waals surface area contributed by atoms with Crippen molar-refractivity contribution in [3.05, 3.63) is 41.3 Å². The van der Waals surface area contributed by atoms with Crippen LogP contribution in [0.1, 0.15) is 18.9 Å². The Morgan fingerprint density at radius 2 is 2.00 bits per heavy atom. The molecule has 0 unspecified atom stereocenters. The average molecular weight is 322 g/mol. The van der Waals surface area contributed by atoms with E-state index < -0.39 is 5.92 Å². The van der Waals surface area contributed by atoms with Crippen molar-refractivity contribution in [1.29, 1.82) is 0 Å². The molecule has 2 amide bonds. The minimum absolute atomic E-state index is 0.0342. The number of thiophene rings is 1. The van der Waals surface area contributed by atoms with E-state index in [1.54, 1.807) is 4.90 Å². The van der Waals surface area contributed by atoms with Crippen LogP contribution in [0.25, 0.3) is 10.4 Å². The molecule has 1 aromatic heterocycles. The van der Waals surface area contributed by atoms with Gasteiger partial charge < -0.3 is 5.32 Å². The summed E-state index contributed by atoms with van der Waals surface area (Å²) >= 11 is 1.30. The van der Waals surface area contributed by atoms with Crippen LogP contribution in [-0.4, -0.2) is 19.1 Å². The van der Waals surface area contributed by atoms with Crippen molar-refractivity contribution in [3.8, 4) is 10.4 Å². The fourth-order valence-electron chi connectivity index (χ4n) is 2.40. The van der Waals surface area contributed by atoms with E-state index in [0.29, 0.717) is 13.1 Å². The van der Waals surface area contributed by atoms with Gasteiger partial charge in [-0.05, 0) is 30.2 Å². The summed E-state index contributed by atoms with van der Waals surface area (Å²) in [5.41, 5.74) is 1.73. The van der Waals surface area contributed by atoms with Gasteiger partial charge in [-0.25, -0.2) is 13.6 Å². The van der Waals surface area contributed by atoms with Gasteiger partial charge in [0.05, 0.1) is 0 Å². The molecule has 22 heavy (non-hydrogen) atoms. The number of anilines is 1. The molecule has 1 N–H and O–H groups in total. The molecule has 0 radical (unpaired) electrons. The number of alkyl halides is 2. The maximum absolute atomic E-state index is 13.3. The third-order valence-electron chi connectivity index (χ3n) is 3.65. The van der Waals surface area contributed by atoms with Gasteiger partial charge >= 0.3 is 6.03 Å². The number of hydrogen-bond donors (Lipinski definition) is 1. The molecule has 0 bridgehead atoms. The number of carbonyl (C=O) groups excluding carboxylic acids is 1. The molecule has 2 heterocycles. The highest BCUT2D eigenvalue weighted by molar-refractivity contribution is 7.13. The summed E-state index contributed by atoms with van der Waals surface area (Å²) in [6, 6.07) is 8.85. The summed E-state index contributed by atoms with van der Waals surface area (Å²) in [7, 11) is 0. The minimum atomic E-state index is -2.82. The number of urea groups is 1. The van der Waals surface area contributed by atoms with Gasteiger partial charge in [-0.15, -0.1) is 11.3 Å². The first kappa shape index (κ1) is 15.0. The van der Waals surface area contributed by atoms with Crippen LogP contribution in [0.15, 0.2) is 35.7 Å². The van der Waals surface area contributed by atoms with Crippen molar-refractivity contribution in [1.82, 2.24) is 5.32 Å². The molecule has 6 heteroatoms. The molecule has 2 aromatic rings. The number of halogens is 2. The van der Waals surface area contributed by atoms with E-state index in [0.717, 1.165) is 29.5 Å². The Bertz CT molecular complexity index is 676. The monoisotopic (exact) mass is 322 g/mol. The molecule has 1 fully saturated rings. The Hall–Kier alpha value is -1.95. The zero-order valence-electron chi connectivity index (χ0n) is 12.1. The lowest BCUT2D eigenvalue weighted by molar-refractivity contribution is 0.0179. The lowest BCUT2D eigenvalue weighted by Crippen LogP contribution is -2.46. The second kappa shape index (κ2) is 5.68. The fraction of sp³-hybridized carbons (Fsp3) is 0.312. The Morgan fingerprint density at radius 1 is 1.27 bits per heavy atom. The average Bonchev–Trinajstić information content (AvgIpc) is 2.98. The Morgan fingerprint density at radius 3 is 2.59 bits per heavy atom. The Kier molecular flexibility index (Phi) is 3.87. The van der Waals surface area contributed by atoms with Gasteiger partial charge in [-0.1, -0.05) is 12.1 Å². The van der Waals surface area contributed by atoms with Crippen molar-refractivity contribution >= 4 is 23.1 Å². The summed E-state index contributed by atoms with van der Waals surface area (Å²) in [6.07, 6.45) is 0.910. The van der Waals surface area contributed by atoms with E-state index >= 15 is 0 Å². The third kappa shape index (κ3) is 2.97. The van der Waals surface area contributed by atoms with Gasteiger partial charge in [0, 0.05) is 41.5 Å². The molecule has 3 nitrogen and oxygen atoms in total. The van der Waals surface area contributed by atoms with Crippen LogP contribution in [0, 0.1) is 0 Å². The van der Waals surface area contributed by atoms with E-state index in [4.69, 9.17) is 0 Å². The van der Waals surface area contributed by atoms with E-state index in [2.05, 4.69) is 5.32 Å². The van der Waals surface area contributed by atoms with Gasteiger partial charge in [0.1, 0.15) is 0 Å². The smallest absolute Gasteiger partial charge is 0.321 e. The predicted molar refractivity (Wildman–Crippen MR) is 84.7 cm³/mol. The number of hydrogen-bond acceptors (Lipinski definition) is 2. The SMILES string of the molecule is CC(F)(F)c1csc(-c2ccc(N3CCCNC3=O)cc2)c1. The summed E-state index contributed by atoms with van der Waals surface area (Å²) in [5.74, 6) is -2.82. The van der Waals surface area contributed by atoms with E-state index in [1.165, 1.54) is 22.8 Å². The normalized spacial score (nSPS) is 15.8. The van der Waals surface area contributed by atoms with Crippen LogP contribution in [0.2, 0.25) is 0 Å². The lowest BCUT2D eigenvalue weighted by atomic mass is 10.1. The van der Waals surface area contributed by atoms with Crippen LogP contribution >= 0.6 is 11.3 Å². The third-order valence-corrected chi connectivity index (χ3v) is 4.63. The highest BCUT2D eigenvalue weighted by Gasteiger charge is 2.26. The maximum Gasteiger partial charge on any atom is 0.321 e. The molecule has 116 valence electrons. The van der Waals surface area contributed by atoms with Gasteiger partial charge in [-0.3, -0.25) is 4.90 Å². The molecule has 1 aliphatic heterocycles. The lowest BCUT2D eigenvalue weighted by Gasteiger charge is -2.27. The van der Waals surface area contributed by atoms with Crippen molar-refractivity contribution in [2.45, 2.75) is 19.3 Å². The number of carbonyl (C=O) groups is 1. The number of benzene rings is 1. The largest absolute Gasteiger partial charge is 0.338 e. The summed E-state index contributed by atoms with van der Waals surface area (Å²) in [5, 5.41) is 4.29. The first-order valence-corrected chi connectivity index (χ1v) is 7.96. The molecular formula is C16H16F2N2OS. The van der Waals surface area contributed by atoms with Crippen LogP contribution in [-0.2, 0) is 5.92 Å². The first-order valence-electron chi connectivity index (χ1n) is 7.08. The highest BCUT2D eigenvalue weighted by atomic mass is 32.1. The predicted octanol–water partition coefficient (Wildman–Crippen LogP) is 4.45. The van der Waals surface area contributed by atoms with Crippen molar-refractivity contribution < 1.29 is 13.6 Å². The zero-order chi connectivity index (χ0) is 15.7. The van der Waals surface area contributed by atoms with Crippen LogP contribution in [0.3, 0.4) is 0 Å². The topological polar surface area (TPSA) is 32.3 Å². The molecule has 1 aromatic carbocycles. The van der Waals surface area contributed by atoms with Gasteiger partial charge in [0.2, 0.25) is 0 Å². The first-order chi connectivity index (χ1) is 10.4. The summed E-state index contributed by atoms with van der Waals surface area (Å²) in [4.78, 5) is 14.3. The van der Waals surface area contributed by atoms with Gasteiger partial charge in [-0.2, -0.15) is 0 Å². The van der Waals surface area contributed by atoms with E-state index in [-0.39, 0.29) is 11.6 Å². The minimum Gasteiger partial charge on any atom is -0.338 e. The quantitative estimate of drug-likeness (QED) is 0.890. The second-order valence-corrected chi connectivity index (χ2v) is 6.28. The molecule has 0 saturated carbocycles. The highest BCUT2D eigenvalue weighted by Crippen LogP contribution is 2.35. The van der Waals surface area contributed by atoms with Crippen LogP contribution < -0.4 is 10.2 Å². The molecular weight excluding hydrogens is 306 g/mol. The molecule has 1 aliphatic rings. The summed E-state index contributed by atoms with van der Waals surface area (Å²) < 4.78 is 26.6. The van der Waals surface area contributed by atoms with Gasteiger partial charge in [0.25, 0.3) is 5.92 Å². The van der Waals surface area contributed by atoms with Crippen molar-refractivity contribution in [2.24, 2.45) is 0 Å². The number of rotatable bonds is 3. The molecule has 0 atom stereocenters. The van der Waals surface area contributed by atoms with E-state index in [1.807, 2.05) is 24.3 Å². The maximum atomic E-state index is 13.3. The number of nitrogens with zero attached hydrogens (tertiary/aromatic N) is 1. The summed E-state index contributed by atoms with van der Waals surface area (Å²) in [6.45, 7) is 2.30. The molecule has 1 saturated heterocycles. The van der Waals surface area contributed by atoms with E-state index in [9.17, 15) is 13.6 Å². The Balaban J connectivity index is 1.82. The number of nitrogens with one attached hydrogen (secondary N) is 1. The van der Waals surface area contributed by atoms with Gasteiger partial charge in [0.15, 0.2) is 0 Å².